The number of ketones is 1. The second-order valence-electron chi connectivity index (χ2n) is 6.72. The minimum absolute atomic E-state index is 0.177. The van der Waals surface area contributed by atoms with Gasteiger partial charge >= 0.3 is 0 Å². The summed E-state index contributed by atoms with van der Waals surface area (Å²) >= 11 is 0. The van der Waals surface area contributed by atoms with E-state index in [4.69, 9.17) is 4.74 Å². The molecule has 0 bridgehead atoms. The maximum atomic E-state index is 12.5. The molecular formula is C17H26N2O2. The normalized spacial score (nSPS) is 27.7. The van der Waals surface area contributed by atoms with E-state index in [1.807, 2.05) is 19.2 Å². The van der Waals surface area contributed by atoms with Crippen molar-refractivity contribution in [2.45, 2.75) is 76.4 Å². The van der Waals surface area contributed by atoms with Gasteiger partial charge in [0, 0.05) is 12.8 Å². The summed E-state index contributed by atoms with van der Waals surface area (Å²) in [6.45, 7) is 2.64. The molecule has 2 aliphatic rings. The van der Waals surface area contributed by atoms with Gasteiger partial charge in [-0.1, -0.05) is 19.3 Å². The highest BCUT2D eigenvalue weighted by Crippen LogP contribution is 2.29. The molecule has 1 aromatic heterocycles. The van der Waals surface area contributed by atoms with Gasteiger partial charge in [0.05, 0.1) is 18.2 Å². The Bertz CT molecular complexity index is 483. The quantitative estimate of drug-likeness (QED) is 0.853. The minimum Gasteiger partial charge on any atom is -0.367 e. The maximum absolute atomic E-state index is 12.5. The Morgan fingerprint density at radius 2 is 2.14 bits per heavy atom. The number of hydrogen-bond donors (Lipinski definition) is 0. The molecule has 116 valence electrons. The lowest BCUT2D eigenvalue weighted by molar-refractivity contribution is -0.147. The fraction of sp³-hybridized carbons (Fsp3) is 0.765. The molecule has 2 heterocycles. The van der Waals surface area contributed by atoms with Gasteiger partial charge < -0.3 is 4.74 Å². The Morgan fingerprint density at radius 1 is 1.33 bits per heavy atom. The molecule has 1 saturated carbocycles. The molecule has 1 aliphatic carbocycles. The maximum Gasteiger partial charge on any atom is 0.170 e. The van der Waals surface area contributed by atoms with E-state index in [1.54, 1.807) is 0 Å². The lowest BCUT2D eigenvalue weighted by Gasteiger charge is -2.32. The average molecular weight is 290 g/mol. The molecule has 1 aliphatic heterocycles. The fourth-order valence-corrected chi connectivity index (χ4v) is 3.53. The summed E-state index contributed by atoms with van der Waals surface area (Å²) in [6, 6.07) is 2.53. The van der Waals surface area contributed by atoms with Crippen LogP contribution in [0, 0.1) is 0 Å². The van der Waals surface area contributed by atoms with Crippen LogP contribution in [0.3, 0.4) is 0 Å². The van der Waals surface area contributed by atoms with E-state index < -0.39 is 5.60 Å². The highest BCUT2D eigenvalue weighted by Gasteiger charge is 2.35. The van der Waals surface area contributed by atoms with Crippen molar-refractivity contribution in [2.75, 3.05) is 6.61 Å². The molecule has 3 rings (SSSR count). The smallest absolute Gasteiger partial charge is 0.170 e. The van der Waals surface area contributed by atoms with Crippen LogP contribution in [0.1, 0.15) is 70.0 Å². The third kappa shape index (κ3) is 3.37. The molecule has 2 fully saturated rings. The van der Waals surface area contributed by atoms with Crippen molar-refractivity contribution in [3.8, 4) is 0 Å². The summed E-state index contributed by atoms with van der Waals surface area (Å²) in [6.07, 6.45) is 11.8. The lowest BCUT2D eigenvalue weighted by atomic mass is 9.89. The highest BCUT2D eigenvalue weighted by atomic mass is 16.5. The molecule has 0 amide bonds. The van der Waals surface area contributed by atoms with Crippen LogP contribution in [0.5, 0.6) is 0 Å². The SMILES string of the molecule is CC1(C(=O)Cc2ccn(C3CCCCC3)n2)CCCCO1. The molecule has 4 nitrogen and oxygen atoms in total. The van der Waals surface area contributed by atoms with Gasteiger partial charge in [0.1, 0.15) is 5.60 Å². The summed E-state index contributed by atoms with van der Waals surface area (Å²) in [5.41, 5.74) is 0.299. The Labute approximate surface area is 126 Å². The molecule has 0 spiro atoms. The van der Waals surface area contributed by atoms with Gasteiger partial charge in [0.2, 0.25) is 0 Å². The number of nitrogens with zero attached hydrogens (tertiary/aromatic N) is 2. The van der Waals surface area contributed by atoms with E-state index in [9.17, 15) is 4.79 Å². The second kappa shape index (κ2) is 6.30. The Balaban J connectivity index is 1.62. The van der Waals surface area contributed by atoms with Crippen molar-refractivity contribution in [1.29, 1.82) is 0 Å². The summed E-state index contributed by atoms with van der Waals surface area (Å²) in [4.78, 5) is 12.5. The molecule has 1 aromatic rings. The molecule has 0 N–H and O–H groups in total. The standard InChI is InChI=1S/C17H26N2O2/c1-17(10-5-6-12-21-17)16(20)13-14-9-11-19(18-14)15-7-3-2-4-8-15/h9,11,15H,2-8,10,12-13H2,1H3. The van der Waals surface area contributed by atoms with E-state index in [2.05, 4.69) is 9.78 Å². The Kier molecular flexibility index (Phi) is 4.43. The van der Waals surface area contributed by atoms with Gasteiger partial charge in [-0.25, -0.2) is 0 Å². The predicted molar refractivity (Wildman–Crippen MR) is 81.3 cm³/mol. The molecule has 0 aromatic carbocycles. The Morgan fingerprint density at radius 3 is 2.86 bits per heavy atom. The average Bonchev–Trinajstić information content (AvgIpc) is 2.97. The van der Waals surface area contributed by atoms with Crippen LogP contribution in [-0.2, 0) is 16.0 Å². The summed E-state index contributed by atoms with van der Waals surface area (Å²) in [5.74, 6) is 0.177. The van der Waals surface area contributed by atoms with E-state index in [-0.39, 0.29) is 5.78 Å². The lowest BCUT2D eigenvalue weighted by Crippen LogP contribution is -2.42. The largest absolute Gasteiger partial charge is 0.367 e. The summed E-state index contributed by atoms with van der Waals surface area (Å²) in [5, 5.41) is 4.64. The van der Waals surface area contributed by atoms with E-state index in [0.717, 1.165) is 25.0 Å². The molecule has 1 saturated heterocycles. The molecule has 4 heteroatoms. The minimum atomic E-state index is -0.590. The third-order valence-electron chi connectivity index (χ3n) is 5.01. The zero-order valence-electron chi connectivity index (χ0n) is 13.0. The number of aromatic nitrogens is 2. The Hall–Kier alpha value is -1.16. The van der Waals surface area contributed by atoms with Crippen molar-refractivity contribution < 1.29 is 9.53 Å². The van der Waals surface area contributed by atoms with Crippen molar-refractivity contribution in [3.63, 3.8) is 0 Å². The molecule has 21 heavy (non-hydrogen) atoms. The number of Topliss-reactive ketones (excluding diaryl/α,β-unsaturated/α-hetero) is 1. The van der Waals surface area contributed by atoms with Crippen molar-refractivity contribution in [2.24, 2.45) is 0 Å². The zero-order chi connectivity index (χ0) is 14.7. The number of rotatable bonds is 4. The predicted octanol–water partition coefficient (Wildman–Crippen LogP) is 3.46. The van der Waals surface area contributed by atoms with Crippen LogP contribution in [0.15, 0.2) is 12.3 Å². The van der Waals surface area contributed by atoms with Gasteiger partial charge in [-0.2, -0.15) is 5.10 Å². The third-order valence-corrected chi connectivity index (χ3v) is 5.01. The molecular weight excluding hydrogens is 264 g/mol. The summed E-state index contributed by atoms with van der Waals surface area (Å²) in [7, 11) is 0. The monoisotopic (exact) mass is 290 g/mol. The second-order valence-corrected chi connectivity index (χ2v) is 6.72. The molecule has 0 radical (unpaired) electrons. The zero-order valence-corrected chi connectivity index (χ0v) is 13.0. The van der Waals surface area contributed by atoms with Crippen molar-refractivity contribution in [3.05, 3.63) is 18.0 Å². The molecule has 1 atom stereocenters. The van der Waals surface area contributed by atoms with Gasteiger partial charge in [-0.15, -0.1) is 0 Å². The van der Waals surface area contributed by atoms with Crippen molar-refractivity contribution >= 4 is 5.78 Å². The van der Waals surface area contributed by atoms with Crippen LogP contribution in [0.25, 0.3) is 0 Å². The van der Waals surface area contributed by atoms with Crippen LogP contribution in [0.4, 0.5) is 0 Å². The van der Waals surface area contributed by atoms with E-state index >= 15 is 0 Å². The van der Waals surface area contributed by atoms with Gasteiger partial charge in [0.25, 0.3) is 0 Å². The first kappa shape index (κ1) is 14.8. The summed E-state index contributed by atoms with van der Waals surface area (Å²) < 4.78 is 7.81. The fourth-order valence-electron chi connectivity index (χ4n) is 3.53. The van der Waals surface area contributed by atoms with Gasteiger partial charge in [0.15, 0.2) is 5.78 Å². The van der Waals surface area contributed by atoms with Crippen LogP contribution < -0.4 is 0 Å². The van der Waals surface area contributed by atoms with E-state index in [1.165, 1.54) is 32.1 Å². The van der Waals surface area contributed by atoms with Crippen LogP contribution in [-0.4, -0.2) is 27.8 Å². The molecule has 1 unspecified atom stereocenters. The number of carbonyl (C=O) groups excluding carboxylic acids is 1. The van der Waals surface area contributed by atoms with E-state index in [0.29, 0.717) is 19.1 Å². The number of ether oxygens (including phenoxy) is 1. The number of hydrogen-bond acceptors (Lipinski definition) is 3. The first-order chi connectivity index (χ1) is 10.2. The topological polar surface area (TPSA) is 44.1 Å². The van der Waals surface area contributed by atoms with Gasteiger partial charge in [-0.3, -0.25) is 9.48 Å². The van der Waals surface area contributed by atoms with Crippen LogP contribution >= 0.6 is 0 Å². The number of carbonyl (C=O) groups is 1. The first-order valence-corrected chi connectivity index (χ1v) is 8.39. The van der Waals surface area contributed by atoms with Crippen LogP contribution in [0.2, 0.25) is 0 Å². The van der Waals surface area contributed by atoms with Crippen molar-refractivity contribution in [1.82, 2.24) is 9.78 Å². The first-order valence-electron chi connectivity index (χ1n) is 8.39. The highest BCUT2D eigenvalue weighted by molar-refractivity contribution is 5.88. The van der Waals surface area contributed by atoms with Gasteiger partial charge in [-0.05, 0) is 45.1 Å².